The Kier molecular flexibility index (Phi) is 4.59. The first-order valence-corrected chi connectivity index (χ1v) is 7.01. The molecule has 0 unspecified atom stereocenters. The molecular formula is C19H20O2. The van der Waals surface area contributed by atoms with Crippen LogP contribution in [0.25, 0.3) is 6.08 Å². The van der Waals surface area contributed by atoms with Crippen molar-refractivity contribution in [1.82, 2.24) is 0 Å². The Balaban J connectivity index is 2.05. The van der Waals surface area contributed by atoms with Crippen molar-refractivity contribution in [3.05, 3.63) is 71.8 Å². The number of carbonyl (C=O) groups is 1. The van der Waals surface area contributed by atoms with Gasteiger partial charge in [0.25, 0.3) is 0 Å². The summed E-state index contributed by atoms with van der Waals surface area (Å²) in [5.74, 6) is 0.757. The van der Waals surface area contributed by atoms with Crippen LogP contribution in [0.3, 0.4) is 0 Å². The number of benzene rings is 2. The van der Waals surface area contributed by atoms with Gasteiger partial charge in [0.15, 0.2) is 5.78 Å². The van der Waals surface area contributed by atoms with E-state index in [0.717, 1.165) is 11.3 Å². The van der Waals surface area contributed by atoms with Crippen molar-refractivity contribution in [2.75, 3.05) is 0 Å². The molecule has 21 heavy (non-hydrogen) atoms. The molecule has 0 saturated carbocycles. The first-order chi connectivity index (χ1) is 9.94. The van der Waals surface area contributed by atoms with Gasteiger partial charge in [0.1, 0.15) is 11.4 Å². The lowest BCUT2D eigenvalue weighted by Gasteiger charge is -2.21. The molecule has 0 aliphatic carbocycles. The van der Waals surface area contributed by atoms with E-state index in [0.29, 0.717) is 5.56 Å². The first kappa shape index (κ1) is 15.0. The van der Waals surface area contributed by atoms with E-state index in [1.807, 2.05) is 69.3 Å². The Bertz CT molecular complexity index is 617. The largest absolute Gasteiger partial charge is 0.488 e. The fourth-order valence-corrected chi connectivity index (χ4v) is 1.87. The predicted molar refractivity (Wildman–Crippen MR) is 86.6 cm³/mol. The fourth-order valence-electron chi connectivity index (χ4n) is 1.87. The van der Waals surface area contributed by atoms with Gasteiger partial charge in [-0.3, -0.25) is 4.79 Å². The Morgan fingerprint density at radius 1 is 0.952 bits per heavy atom. The smallest absolute Gasteiger partial charge is 0.185 e. The standard InChI is InChI=1S/C19H20O2/c1-19(2,3)21-17-12-10-16(11-13-17)18(20)14-9-15-7-5-4-6-8-15/h4-14H,1-3H3. The highest BCUT2D eigenvalue weighted by atomic mass is 16.5. The van der Waals surface area contributed by atoms with Gasteiger partial charge in [-0.2, -0.15) is 0 Å². The summed E-state index contributed by atoms with van der Waals surface area (Å²) in [6.45, 7) is 5.98. The van der Waals surface area contributed by atoms with Crippen LogP contribution in [0.4, 0.5) is 0 Å². The SMILES string of the molecule is CC(C)(C)Oc1ccc(C(=O)C=Cc2ccccc2)cc1. The molecule has 0 N–H and O–H groups in total. The average Bonchev–Trinajstić information content (AvgIpc) is 2.45. The minimum absolute atomic E-state index is 0.0128. The minimum Gasteiger partial charge on any atom is -0.488 e. The van der Waals surface area contributed by atoms with E-state index < -0.39 is 0 Å². The molecule has 0 bridgehead atoms. The van der Waals surface area contributed by atoms with Gasteiger partial charge in [0, 0.05) is 5.56 Å². The van der Waals surface area contributed by atoms with Crippen molar-refractivity contribution >= 4 is 11.9 Å². The van der Waals surface area contributed by atoms with E-state index in [2.05, 4.69) is 0 Å². The van der Waals surface area contributed by atoms with Crippen LogP contribution in [-0.2, 0) is 0 Å². The average molecular weight is 280 g/mol. The lowest BCUT2D eigenvalue weighted by Crippen LogP contribution is -2.22. The summed E-state index contributed by atoms with van der Waals surface area (Å²) in [5.41, 5.74) is 1.43. The highest BCUT2D eigenvalue weighted by molar-refractivity contribution is 6.06. The van der Waals surface area contributed by atoms with Crippen molar-refractivity contribution in [2.45, 2.75) is 26.4 Å². The van der Waals surface area contributed by atoms with Crippen LogP contribution in [0, 0.1) is 0 Å². The molecule has 0 atom stereocenters. The number of hydrogen-bond donors (Lipinski definition) is 0. The van der Waals surface area contributed by atoms with Gasteiger partial charge >= 0.3 is 0 Å². The van der Waals surface area contributed by atoms with Crippen LogP contribution in [-0.4, -0.2) is 11.4 Å². The summed E-state index contributed by atoms with van der Waals surface area (Å²) in [6.07, 6.45) is 3.41. The van der Waals surface area contributed by atoms with Gasteiger partial charge in [0.05, 0.1) is 0 Å². The molecule has 0 aliphatic heterocycles. The summed E-state index contributed by atoms with van der Waals surface area (Å²) in [4.78, 5) is 12.1. The predicted octanol–water partition coefficient (Wildman–Crippen LogP) is 4.76. The molecular weight excluding hydrogens is 260 g/mol. The minimum atomic E-state index is -0.237. The van der Waals surface area contributed by atoms with Crippen LogP contribution in [0.1, 0.15) is 36.7 Å². The third kappa shape index (κ3) is 4.92. The van der Waals surface area contributed by atoms with Crippen molar-refractivity contribution < 1.29 is 9.53 Å². The second-order valence-electron chi connectivity index (χ2n) is 5.85. The highest BCUT2D eigenvalue weighted by Crippen LogP contribution is 2.19. The van der Waals surface area contributed by atoms with Crippen molar-refractivity contribution in [1.29, 1.82) is 0 Å². The molecule has 0 fully saturated rings. The quantitative estimate of drug-likeness (QED) is 0.596. The van der Waals surface area contributed by atoms with Gasteiger partial charge < -0.3 is 4.74 Å². The van der Waals surface area contributed by atoms with E-state index in [1.54, 1.807) is 18.2 Å². The summed E-state index contributed by atoms with van der Waals surface area (Å²) < 4.78 is 5.74. The molecule has 0 heterocycles. The monoisotopic (exact) mass is 280 g/mol. The molecule has 2 rings (SSSR count). The number of carbonyl (C=O) groups excluding carboxylic acids is 1. The van der Waals surface area contributed by atoms with E-state index in [4.69, 9.17) is 4.74 Å². The zero-order chi connectivity index (χ0) is 15.3. The number of ether oxygens (including phenoxy) is 1. The number of allylic oxidation sites excluding steroid dienone is 1. The van der Waals surface area contributed by atoms with Crippen LogP contribution < -0.4 is 4.74 Å². The zero-order valence-corrected chi connectivity index (χ0v) is 12.7. The van der Waals surface area contributed by atoms with Crippen LogP contribution >= 0.6 is 0 Å². The molecule has 2 aromatic rings. The Morgan fingerprint density at radius 3 is 2.14 bits per heavy atom. The summed E-state index contributed by atoms with van der Waals surface area (Å²) in [5, 5.41) is 0. The molecule has 2 nitrogen and oxygen atoms in total. The normalized spacial score (nSPS) is 11.6. The highest BCUT2D eigenvalue weighted by Gasteiger charge is 2.11. The Morgan fingerprint density at radius 2 is 1.57 bits per heavy atom. The summed E-state index contributed by atoms with van der Waals surface area (Å²) >= 11 is 0. The third-order valence-electron chi connectivity index (χ3n) is 2.79. The second kappa shape index (κ2) is 6.40. The van der Waals surface area contributed by atoms with Gasteiger partial charge in [-0.25, -0.2) is 0 Å². The lowest BCUT2D eigenvalue weighted by atomic mass is 10.1. The third-order valence-corrected chi connectivity index (χ3v) is 2.79. The molecule has 0 aliphatic rings. The molecule has 2 aromatic carbocycles. The van der Waals surface area contributed by atoms with Crippen molar-refractivity contribution in [3.8, 4) is 5.75 Å². The van der Waals surface area contributed by atoms with Gasteiger partial charge in [-0.15, -0.1) is 0 Å². The van der Waals surface area contributed by atoms with Gasteiger partial charge in [-0.1, -0.05) is 36.4 Å². The fraction of sp³-hybridized carbons (Fsp3) is 0.211. The van der Waals surface area contributed by atoms with Gasteiger partial charge in [0.2, 0.25) is 0 Å². The first-order valence-electron chi connectivity index (χ1n) is 7.01. The van der Waals surface area contributed by atoms with Gasteiger partial charge in [-0.05, 0) is 56.7 Å². The van der Waals surface area contributed by atoms with E-state index >= 15 is 0 Å². The second-order valence-corrected chi connectivity index (χ2v) is 5.85. The number of hydrogen-bond acceptors (Lipinski definition) is 2. The maximum Gasteiger partial charge on any atom is 0.185 e. The molecule has 0 aromatic heterocycles. The summed E-state index contributed by atoms with van der Waals surface area (Å²) in [6, 6.07) is 17.0. The lowest BCUT2D eigenvalue weighted by molar-refractivity contribution is 0.104. The molecule has 0 amide bonds. The molecule has 2 heteroatoms. The van der Waals surface area contributed by atoms with Crippen LogP contribution in [0.15, 0.2) is 60.7 Å². The van der Waals surface area contributed by atoms with Crippen LogP contribution in [0.2, 0.25) is 0 Å². The summed E-state index contributed by atoms with van der Waals surface area (Å²) in [7, 11) is 0. The molecule has 0 saturated heterocycles. The maximum absolute atomic E-state index is 12.1. The van der Waals surface area contributed by atoms with E-state index in [-0.39, 0.29) is 11.4 Å². The molecule has 0 radical (unpaired) electrons. The van der Waals surface area contributed by atoms with E-state index in [1.165, 1.54) is 0 Å². The topological polar surface area (TPSA) is 26.3 Å². The van der Waals surface area contributed by atoms with Crippen molar-refractivity contribution in [3.63, 3.8) is 0 Å². The van der Waals surface area contributed by atoms with E-state index in [9.17, 15) is 4.79 Å². The van der Waals surface area contributed by atoms with Crippen molar-refractivity contribution in [2.24, 2.45) is 0 Å². The Labute approximate surface area is 126 Å². The molecule has 0 spiro atoms. The number of ketones is 1. The number of rotatable bonds is 4. The zero-order valence-electron chi connectivity index (χ0n) is 12.7. The Hall–Kier alpha value is -2.35. The van der Waals surface area contributed by atoms with Crippen LogP contribution in [0.5, 0.6) is 5.75 Å². The maximum atomic E-state index is 12.1. The molecule has 108 valence electrons.